The summed E-state index contributed by atoms with van der Waals surface area (Å²) in [5.74, 6) is 0.633. The SMILES string of the molecule is COC(=O)CCCCCC(Cl)CCCCCCl. The molecule has 1 unspecified atom stereocenters. The van der Waals surface area contributed by atoms with Gasteiger partial charge < -0.3 is 4.74 Å². The lowest BCUT2D eigenvalue weighted by Gasteiger charge is -2.08. The van der Waals surface area contributed by atoms with Gasteiger partial charge >= 0.3 is 5.97 Å². The van der Waals surface area contributed by atoms with Crippen LogP contribution in [0.25, 0.3) is 0 Å². The summed E-state index contributed by atoms with van der Waals surface area (Å²) < 4.78 is 4.58. The van der Waals surface area contributed by atoms with Gasteiger partial charge in [0.25, 0.3) is 0 Å². The lowest BCUT2D eigenvalue weighted by atomic mass is 10.1. The molecular weight excluding hydrogens is 259 g/mol. The molecule has 0 aliphatic carbocycles. The zero-order valence-corrected chi connectivity index (χ0v) is 12.2. The Kier molecular flexibility index (Phi) is 12.5. The van der Waals surface area contributed by atoms with Gasteiger partial charge in [0.15, 0.2) is 0 Å². The van der Waals surface area contributed by atoms with E-state index >= 15 is 0 Å². The first-order valence-corrected chi connectivity index (χ1v) is 7.44. The van der Waals surface area contributed by atoms with Crippen LogP contribution in [0.3, 0.4) is 0 Å². The van der Waals surface area contributed by atoms with Crippen molar-refractivity contribution < 1.29 is 9.53 Å². The third kappa shape index (κ3) is 12.3. The van der Waals surface area contributed by atoms with Crippen LogP contribution < -0.4 is 0 Å². The summed E-state index contributed by atoms with van der Waals surface area (Å²) in [5, 5.41) is 0.281. The Morgan fingerprint density at radius 2 is 1.65 bits per heavy atom. The molecule has 0 aliphatic rings. The monoisotopic (exact) mass is 282 g/mol. The highest BCUT2D eigenvalue weighted by Gasteiger charge is 2.05. The number of rotatable bonds is 11. The van der Waals surface area contributed by atoms with E-state index in [0.717, 1.165) is 44.4 Å². The number of methoxy groups -OCH3 is 1. The Morgan fingerprint density at radius 3 is 2.18 bits per heavy atom. The number of carbonyl (C=O) groups excluding carboxylic acids is 1. The molecule has 102 valence electrons. The second-order valence-corrected chi connectivity index (χ2v) is 5.31. The van der Waals surface area contributed by atoms with E-state index < -0.39 is 0 Å². The Labute approximate surface area is 115 Å². The number of unbranched alkanes of at least 4 members (excludes halogenated alkanes) is 4. The van der Waals surface area contributed by atoms with Crippen LogP contribution in [0, 0.1) is 0 Å². The van der Waals surface area contributed by atoms with Crippen LogP contribution in [-0.2, 0) is 9.53 Å². The van der Waals surface area contributed by atoms with Crippen LogP contribution in [0.5, 0.6) is 0 Å². The van der Waals surface area contributed by atoms with Gasteiger partial charge in [-0.25, -0.2) is 0 Å². The fourth-order valence-corrected chi connectivity index (χ4v) is 2.19. The van der Waals surface area contributed by atoms with E-state index in [1.165, 1.54) is 20.0 Å². The van der Waals surface area contributed by atoms with E-state index in [9.17, 15) is 4.79 Å². The third-order valence-electron chi connectivity index (χ3n) is 2.78. The first-order chi connectivity index (χ1) is 8.20. The zero-order chi connectivity index (χ0) is 12.9. The highest BCUT2D eigenvalue weighted by molar-refractivity contribution is 6.20. The highest BCUT2D eigenvalue weighted by atomic mass is 35.5. The van der Waals surface area contributed by atoms with Gasteiger partial charge in [-0.2, -0.15) is 0 Å². The number of esters is 1. The van der Waals surface area contributed by atoms with Crippen molar-refractivity contribution in [1.29, 1.82) is 0 Å². The van der Waals surface area contributed by atoms with Gasteiger partial charge in [0, 0.05) is 17.7 Å². The van der Waals surface area contributed by atoms with Crippen LogP contribution in [0.2, 0.25) is 0 Å². The quantitative estimate of drug-likeness (QED) is 0.316. The summed E-state index contributed by atoms with van der Waals surface area (Å²) in [6.45, 7) is 0. The fourth-order valence-electron chi connectivity index (χ4n) is 1.70. The van der Waals surface area contributed by atoms with Crippen molar-refractivity contribution in [2.24, 2.45) is 0 Å². The molecule has 0 radical (unpaired) electrons. The predicted octanol–water partition coefficient (Wildman–Crippen LogP) is 4.52. The van der Waals surface area contributed by atoms with Crippen molar-refractivity contribution in [3.63, 3.8) is 0 Å². The number of carbonyl (C=O) groups is 1. The molecule has 0 fully saturated rings. The minimum Gasteiger partial charge on any atom is -0.469 e. The lowest BCUT2D eigenvalue weighted by Crippen LogP contribution is -2.01. The first kappa shape index (κ1) is 17.1. The lowest BCUT2D eigenvalue weighted by molar-refractivity contribution is -0.140. The fraction of sp³-hybridized carbons (Fsp3) is 0.923. The van der Waals surface area contributed by atoms with Crippen LogP contribution >= 0.6 is 23.2 Å². The second-order valence-electron chi connectivity index (χ2n) is 4.31. The van der Waals surface area contributed by atoms with Gasteiger partial charge in [-0.15, -0.1) is 23.2 Å². The molecule has 1 atom stereocenters. The number of ether oxygens (including phenoxy) is 1. The molecule has 0 heterocycles. The van der Waals surface area contributed by atoms with Crippen molar-refractivity contribution in [2.45, 2.75) is 63.2 Å². The summed E-state index contributed by atoms with van der Waals surface area (Å²) in [4.78, 5) is 10.9. The number of halogens is 2. The van der Waals surface area contributed by atoms with Gasteiger partial charge in [0.05, 0.1) is 7.11 Å². The molecule has 0 aromatic rings. The zero-order valence-electron chi connectivity index (χ0n) is 10.7. The molecule has 0 rings (SSSR count). The maximum atomic E-state index is 10.9. The van der Waals surface area contributed by atoms with Crippen LogP contribution in [0.4, 0.5) is 0 Å². The smallest absolute Gasteiger partial charge is 0.305 e. The molecule has 0 N–H and O–H groups in total. The summed E-state index contributed by atoms with van der Waals surface area (Å²) in [6, 6.07) is 0. The standard InChI is InChI=1S/C13H24Cl2O2/c1-17-13(16)10-6-2-4-8-12(15)9-5-3-7-11-14/h12H,2-11H2,1H3. The van der Waals surface area contributed by atoms with E-state index in [1.807, 2.05) is 0 Å². The van der Waals surface area contributed by atoms with E-state index in [4.69, 9.17) is 23.2 Å². The van der Waals surface area contributed by atoms with E-state index in [1.54, 1.807) is 0 Å². The molecule has 0 saturated heterocycles. The first-order valence-electron chi connectivity index (χ1n) is 6.47. The number of alkyl halides is 2. The van der Waals surface area contributed by atoms with Gasteiger partial charge in [0.1, 0.15) is 0 Å². The molecule has 0 spiro atoms. The van der Waals surface area contributed by atoms with E-state index in [0.29, 0.717) is 6.42 Å². The second kappa shape index (κ2) is 12.5. The van der Waals surface area contributed by atoms with Gasteiger partial charge in [-0.3, -0.25) is 4.79 Å². The summed E-state index contributed by atoms with van der Waals surface area (Å²) in [7, 11) is 1.43. The van der Waals surface area contributed by atoms with Gasteiger partial charge in [-0.1, -0.05) is 25.7 Å². The molecule has 17 heavy (non-hydrogen) atoms. The van der Waals surface area contributed by atoms with Crippen LogP contribution in [-0.4, -0.2) is 24.3 Å². The average Bonchev–Trinajstić information content (AvgIpc) is 2.34. The molecule has 4 heteroatoms. The Morgan fingerprint density at radius 1 is 1.06 bits per heavy atom. The molecule has 2 nitrogen and oxygen atoms in total. The maximum absolute atomic E-state index is 10.9. The van der Waals surface area contributed by atoms with Crippen molar-refractivity contribution in [2.75, 3.05) is 13.0 Å². The predicted molar refractivity (Wildman–Crippen MR) is 73.9 cm³/mol. The molecular formula is C13H24Cl2O2. The minimum absolute atomic E-state index is 0.117. The maximum Gasteiger partial charge on any atom is 0.305 e. The van der Waals surface area contributed by atoms with Crippen LogP contribution in [0.15, 0.2) is 0 Å². The Hall–Kier alpha value is 0.0500. The molecule has 0 aromatic carbocycles. The van der Waals surface area contributed by atoms with Gasteiger partial charge in [-0.05, 0) is 25.7 Å². The molecule has 0 bridgehead atoms. The van der Waals surface area contributed by atoms with Crippen molar-refractivity contribution in [1.82, 2.24) is 0 Å². The largest absolute Gasteiger partial charge is 0.469 e. The Bertz CT molecular complexity index is 186. The number of hydrogen-bond acceptors (Lipinski definition) is 2. The van der Waals surface area contributed by atoms with E-state index in [2.05, 4.69) is 4.74 Å². The van der Waals surface area contributed by atoms with Gasteiger partial charge in [0.2, 0.25) is 0 Å². The normalized spacial score (nSPS) is 12.4. The van der Waals surface area contributed by atoms with Crippen molar-refractivity contribution >= 4 is 29.2 Å². The molecule has 0 aliphatic heterocycles. The summed E-state index contributed by atoms with van der Waals surface area (Å²) >= 11 is 11.8. The van der Waals surface area contributed by atoms with E-state index in [-0.39, 0.29) is 11.3 Å². The molecule has 0 aromatic heterocycles. The minimum atomic E-state index is -0.117. The molecule has 0 saturated carbocycles. The van der Waals surface area contributed by atoms with Crippen LogP contribution in [0.1, 0.15) is 57.8 Å². The van der Waals surface area contributed by atoms with Crippen molar-refractivity contribution in [3.8, 4) is 0 Å². The summed E-state index contributed by atoms with van der Waals surface area (Å²) in [5.41, 5.74) is 0. The van der Waals surface area contributed by atoms with Crippen molar-refractivity contribution in [3.05, 3.63) is 0 Å². The average molecular weight is 283 g/mol. The third-order valence-corrected chi connectivity index (χ3v) is 3.48. The number of hydrogen-bond donors (Lipinski definition) is 0. The topological polar surface area (TPSA) is 26.3 Å². The highest BCUT2D eigenvalue weighted by Crippen LogP contribution is 2.16. The Balaban J connectivity index is 3.21. The summed E-state index contributed by atoms with van der Waals surface area (Å²) in [6.07, 6.45) is 9.14. The molecule has 0 amide bonds.